The molecule has 2 aliphatic rings. The largest absolute Gasteiger partial charge is 0.354 e. The number of rotatable bonds is 5. The van der Waals surface area contributed by atoms with Gasteiger partial charge in [0.1, 0.15) is 0 Å². The predicted octanol–water partition coefficient (Wildman–Crippen LogP) is 3.65. The first-order chi connectivity index (χ1) is 11.4. The molecule has 2 rings (SSSR count). The summed E-state index contributed by atoms with van der Waals surface area (Å²) in [5.74, 6) is 1.44. The third-order valence-corrected chi connectivity index (χ3v) is 6.02. The molecule has 24 heavy (non-hydrogen) atoms. The molecule has 0 heterocycles. The van der Waals surface area contributed by atoms with E-state index >= 15 is 0 Å². The third kappa shape index (κ3) is 5.78. The average molecular weight is 337 g/mol. The molecule has 0 saturated heterocycles. The van der Waals surface area contributed by atoms with Gasteiger partial charge >= 0.3 is 0 Å². The van der Waals surface area contributed by atoms with Crippen LogP contribution in [0.15, 0.2) is 0 Å². The van der Waals surface area contributed by atoms with E-state index in [1.54, 1.807) is 0 Å². The first-order valence-electron chi connectivity index (χ1n) is 9.93. The van der Waals surface area contributed by atoms with Gasteiger partial charge in [-0.25, -0.2) is 0 Å². The zero-order valence-electron chi connectivity index (χ0n) is 15.8. The van der Waals surface area contributed by atoms with Crippen molar-refractivity contribution in [1.82, 2.24) is 10.6 Å². The molecule has 2 saturated carbocycles. The highest BCUT2D eigenvalue weighted by molar-refractivity contribution is 5.79. The monoisotopic (exact) mass is 336 g/mol. The van der Waals surface area contributed by atoms with Crippen LogP contribution in [0, 0.1) is 23.2 Å². The van der Waals surface area contributed by atoms with Crippen LogP contribution in [0.4, 0.5) is 0 Å². The van der Waals surface area contributed by atoms with Crippen molar-refractivity contribution in [2.75, 3.05) is 13.1 Å². The van der Waals surface area contributed by atoms with Crippen LogP contribution in [0.1, 0.15) is 78.6 Å². The topological polar surface area (TPSA) is 58.2 Å². The van der Waals surface area contributed by atoms with E-state index in [9.17, 15) is 9.59 Å². The molecule has 4 heteroatoms. The van der Waals surface area contributed by atoms with Crippen molar-refractivity contribution < 1.29 is 9.59 Å². The SMILES string of the molecule is CC(C)(C)C1CCC(C(=O)NCCNC(=O)C2CCCCC2)CC1. The summed E-state index contributed by atoms with van der Waals surface area (Å²) >= 11 is 0. The summed E-state index contributed by atoms with van der Waals surface area (Å²) in [6.45, 7) is 8.00. The molecule has 0 spiro atoms. The molecule has 2 amide bonds. The molecule has 0 aromatic carbocycles. The fourth-order valence-electron chi connectivity index (χ4n) is 4.25. The highest BCUT2D eigenvalue weighted by Gasteiger charge is 2.32. The Hall–Kier alpha value is -1.06. The lowest BCUT2D eigenvalue weighted by Gasteiger charge is -2.36. The Morgan fingerprint density at radius 2 is 1.21 bits per heavy atom. The molecule has 0 bridgehead atoms. The van der Waals surface area contributed by atoms with Gasteiger partial charge in [-0.2, -0.15) is 0 Å². The highest BCUT2D eigenvalue weighted by atomic mass is 16.2. The van der Waals surface area contributed by atoms with Crippen LogP contribution in [-0.4, -0.2) is 24.9 Å². The second-order valence-corrected chi connectivity index (χ2v) is 8.83. The Bertz CT molecular complexity index is 414. The van der Waals surface area contributed by atoms with Crippen molar-refractivity contribution in [2.24, 2.45) is 23.2 Å². The second-order valence-electron chi connectivity index (χ2n) is 8.83. The van der Waals surface area contributed by atoms with E-state index in [0.717, 1.165) is 44.4 Å². The van der Waals surface area contributed by atoms with Crippen molar-refractivity contribution in [3.8, 4) is 0 Å². The van der Waals surface area contributed by atoms with Crippen LogP contribution in [0.5, 0.6) is 0 Å². The highest BCUT2D eigenvalue weighted by Crippen LogP contribution is 2.39. The fraction of sp³-hybridized carbons (Fsp3) is 0.900. The molecule has 2 N–H and O–H groups in total. The van der Waals surface area contributed by atoms with E-state index in [4.69, 9.17) is 0 Å². The van der Waals surface area contributed by atoms with Crippen molar-refractivity contribution in [3.05, 3.63) is 0 Å². The maximum Gasteiger partial charge on any atom is 0.223 e. The lowest BCUT2D eigenvalue weighted by atomic mass is 9.70. The molecule has 0 aromatic rings. The lowest BCUT2D eigenvalue weighted by molar-refractivity contribution is -0.128. The van der Waals surface area contributed by atoms with Gasteiger partial charge in [-0.05, 0) is 49.9 Å². The maximum atomic E-state index is 12.3. The van der Waals surface area contributed by atoms with Gasteiger partial charge in [-0.15, -0.1) is 0 Å². The summed E-state index contributed by atoms with van der Waals surface area (Å²) in [6, 6.07) is 0. The van der Waals surface area contributed by atoms with Crippen LogP contribution in [0.3, 0.4) is 0 Å². The minimum atomic E-state index is 0.164. The standard InChI is InChI=1S/C20H36N2O2/c1-20(2,3)17-11-9-16(10-12-17)19(24)22-14-13-21-18(23)15-7-5-4-6-8-15/h15-17H,4-14H2,1-3H3,(H,21,23)(H,22,24). The smallest absolute Gasteiger partial charge is 0.223 e. The molecular formula is C20H36N2O2. The van der Waals surface area contributed by atoms with Crippen molar-refractivity contribution in [2.45, 2.75) is 78.6 Å². The van der Waals surface area contributed by atoms with Crippen molar-refractivity contribution in [3.63, 3.8) is 0 Å². The van der Waals surface area contributed by atoms with Crippen molar-refractivity contribution >= 4 is 11.8 Å². The van der Waals surface area contributed by atoms with Crippen LogP contribution in [0.25, 0.3) is 0 Å². The van der Waals surface area contributed by atoms with E-state index in [1.165, 1.54) is 19.3 Å². The van der Waals surface area contributed by atoms with Gasteiger partial charge in [0.15, 0.2) is 0 Å². The zero-order valence-corrected chi connectivity index (χ0v) is 15.8. The summed E-state index contributed by atoms with van der Waals surface area (Å²) in [6.07, 6.45) is 9.96. The van der Waals surface area contributed by atoms with E-state index in [1.807, 2.05) is 0 Å². The molecular weight excluding hydrogens is 300 g/mol. The summed E-state index contributed by atoms with van der Waals surface area (Å²) in [4.78, 5) is 24.3. The average Bonchev–Trinajstić information content (AvgIpc) is 2.58. The third-order valence-electron chi connectivity index (χ3n) is 6.02. The molecule has 2 aliphatic carbocycles. The first-order valence-corrected chi connectivity index (χ1v) is 9.93. The second kappa shape index (κ2) is 8.87. The number of amides is 2. The molecule has 138 valence electrons. The number of nitrogens with one attached hydrogen (secondary N) is 2. The summed E-state index contributed by atoms with van der Waals surface area (Å²) < 4.78 is 0. The summed E-state index contributed by atoms with van der Waals surface area (Å²) in [7, 11) is 0. The first kappa shape index (κ1) is 19.3. The van der Waals surface area contributed by atoms with Gasteiger partial charge in [0.2, 0.25) is 11.8 Å². The number of hydrogen-bond acceptors (Lipinski definition) is 2. The molecule has 4 nitrogen and oxygen atoms in total. The molecule has 0 aromatic heterocycles. The predicted molar refractivity (Wildman–Crippen MR) is 97.5 cm³/mol. The molecule has 2 fully saturated rings. The molecule has 0 aliphatic heterocycles. The lowest BCUT2D eigenvalue weighted by Crippen LogP contribution is -2.41. The van der Waals surface area contributed by atoms with Crippen molar-refractivity contribution in [1.29, 1.82) is 0 Å². The molecule has 0 radical (unpaired) electrons. The van der Waals surface area contributed by atoms with Crippen LogP contribution in [-0.2, 0) is 9.59 Å². The van der Waals surface area contributed by atoms with Gasteiger partial charge in [0.05, 0.1) is 0 Å². The van der Waals surface area contributed by atoms with E-state index in [-0.39, 0.29) is 23.7 Å². The summed E-state index contributed by atoms with van der Waals surface area (Å²) in [5.41, 5.74) is 0.352. The van der Waals surface area contributed by atoms with Gasteiger partial charge in [-0.3, -0.25) is 9.59 Å². The van der Waals surface area contributed by atoms with Crippen LogP contribution in [0.2, 0.25) is 0 Å². The number of hydrogen-bond donors (Lipinski definition) is 2. The molecule has 0 atom stereocenters. The Labute approximate surface area is 147 Å². The van der Waals surface area contributed by atoms with Gasteiger partial charge in [0, 0.05) is 24.9 Å². The van der Waals surface area contributed by atoms with Gasteiger partial charge in [-0.1, -0.05) is 40.0 Å². The Morgan fingerprint density at radius 3 is 1.67 bits per heavy atom. The van der Waals surface area contributed by atoms with Gasteiger partial charge < -0.3 is 10.6 Å². The Kier molecular flexibility index (Phi) is 7.12. The van der Waals surface area contributed by atoms with Gasteiger partial charge in [0.25, 0.3) is 0 Å². The Morgan fingerprint density at radius 1 is 0.750 bits per heavy atom. The van der Waals surface area contributed by atoms with Crippen LogP contribution >= 0.6 is 0 Å². The summed E-state index contributed by atoms with van der Waals surface area (Å²) in [5, 5.41) is 5.99. The van der Waals surface area contributed by atoms with E-state index in [0.29, 0.717) is 18.5 Å². The van der Waals surface area contributed by atoms with E-state index < -0.39 is 0 Å². The molecule has 0 unspecified atom stereocenters. The minimum Gasteiger partial charge on any atom is -0.354 e. The maximum absolute atomic E-state index is 12.3. The Balaban J connectivity index is 1.59. The van der Waals surface area contributed by atoms with Crippen LogP contribution < -0.4 is 10.6 Å². The minimum absolute atomic E-state index is 0.164. The zero-order chi connectivity index (χ0) is 17.6. The number of carbonyl (C=O) groups is 2. The van der Waals surface area contributed by atoms with E-state index in [2.05, 4.69) is 31.4 Å². The normalized spacial score (nSPS) is 26.0. The quantitative estimate of drug-likeness (QED) is 0.753. The fourth-order valence-corrected chi connectivity index (χ4v) is 4.25. The number of carbonyl (C=O) groups excluding carboxylic acids is 2.